The van der Waals surface area contributed by atoms with E-state index < -0.39 is 0 Å². The minimum absolute atomic E-state index is 0.393. The van der Waals surface area contributed by atoms with E-state index in [1.54, 1.807) is 6.26 Å². The van der Waals surface area contributed by atoms with Gasteiger partial charge in [0.05, 0.1) is 0 Å². The maximum absolute atomic E-state index is 5.22. The van der Waals surface area contributed by atoms with Gasteiger partial charge in [0.15, 0.2) is 12.2 Å². The molecule has 1 saturated heterocycles. The zero-order valence-electron chi connectivity index (χ0n) is 14.3. The minimum atomic E-state index is 0.393. The fourth-order valence-electron chi connectivity index (χ4n) is 3.62. The molecule has 2 heterocycles. The molecule has 1 aliphatic heterocycles. The first-order valence-corrected chi connectivity index (χ1v) is 8.83. The van der Waals surface area contributed by atoms with Crippen LogP contribution in [0.5, 0.6) is 0 Å². The number of aromatic nitrogens is 1. The molecule has 0 saturated carbocycles. The smallest absolute Gasteiger partial charge is 0.182 e. The summed E-state index contributed by atoms with van der Waals surface area (Å²) in [6.45, 7) is 4.03. The fourth-order valence-corrected chi connectivity index (χ4v) is 3.62. The third-order valence-corrected chi connectivity index (χ3v) is 4.84. The minimum Gasteiger partial charge on any atom is -0.449 e. The number of hydrogen-bond acceptors (Lipinski definition) is 4. The first kappa shape index (κ1) is 15.9. The van der Waals surface area contributed by atoms with E-state index in [4.69, 9.17) is 4.42 Å². The summed E-state index contributed by atoms with van der Waals surface area (Å²) in [7, 11) is 0. The van der Waals surface area contributed by atoms with Crippen molar-refractivity contribution in [2.75, 3.05) is 24.5 Å². The van der Waals surface area contributed by atoms with Crippen LogP contribution in [-0.2, 0) is 13.0 Å². The fraction of sp³-hybridized carbons (Fsp3) is 0.286. The second-order valence-electron chi connectivity index (χ2n) is 6.60. The number of hydrogen-bond donors (Lipinski definition) is 0. The van der Waals surface area contributed by atoms with Gasteiger partial charge < -0.3 is 9.32 Å². The molecule has 0 N–H and O–H groups in total. The van der Waals surface area contributed by atoms with Crippen molar-refractivity contribution in [3.05, 3.63) is 84.4 Å². The lowest BCUT2D eigenvalue weighted by Crippen LogP contribution is -2.54. The zero-order valence-corrected chi connectivity index (χ0v) is 14.3. The highest BCUT2D eigenvalue weighted by Crippen LogP contribution is 2.22. The van der Waals surface area contributed by atoms with E-state index in [0.29, 0.717) is 6.04 Å². The lowest BCUT2D eigenvalue weighted by molar-refractivity contribution is 0.213. The van der Waals surface area contributed by atoms with E-state index in [9.17, 15) is 0 Å². The third-order valence-electron chi connectivity index (χ3n) is 4.84. The van der Waals surface area contributed by atoms with Crippen molar-refractivity contribution in [3.63, 3.8) is 0 Å². The largest absolute Gasteiger partial charge is 0.449 e. The number of oxazole rings is 1. The van der Waals surface area contributed by atoms with Crippen molar-refractivity contribution in [3.8, 4) is 0 Å². The first-order valence-electron chi connectivity index (χ1n) is 8.83. The van der Waals surface area contributed by atoms with E-state index in [-0.39, 0.29) is 0 Å². The van der Waals surface area contributed by atoms with Gasteiger partial charge in [0.2, 0.25) is 0 Å². The van der Waals surface area contributed by atoms with Crippen LogP contribution in [0.2, 0.25) is 0 Å². The van der Waals surface area contributed by atoms with Crippen molar-refractivity contribution in [1.82, 2.24) is 9.88 Å². The summed E-state index contributed by atoms with van der Waals surface area (Å²) in [6, 6.07) is 21.8. The molecule has 4 heteroatoms. The summed E-state index contributed by atoms with van der Waals surface area (Å²) in [5, 5.41) is 0. The molecule has 128 valence electrons. The van der Waals surface area contributed by atoms with Crippen molar-refractivity contribution in [2.24, 2.45) is 0 Å². The van der Waals surface area contributed by atoms with Crippen LogP contribution in [0.15, 0.2) is 77.7 Å². The molecule has 0 bridgehead atoms. The molecule has 4 rings (SSSR count). The molecular weight excluding hydrogens is 310 g/mol. The lowest BCUT2D eigenvalue weighted by atomic mass is 10.0. The van der Waals surface area contributed by atoms with Gasteiger partial charge in [0.1, 0.15) is 6.26 Å². The van der Waals surface area contributed by atoms with Gasteiger partial charge in [-0.25, -0.2) is 0 Å². The van der Waals surface area contributed by atoms with Crippen LogP contribution in [0.3, 0.4) is 0 Å². The Hall–Kier alpha value is -2.59. The monoisotopic (exact) mass is 333 g/mol. The second kappa shape index (κ2) is 7.53. The topological polar surface area (TPSA) is 32.5 Å². The molecule has 0 unspecified atom stereocenters. The average molecular weight is 333 g/mol. The molecule has 4 nitrogen and oxygen atoms in total. The Bertz CT molecular complexity index is 758. The van der Waals surface area contributed by atoms with Crippen LogP contribution in [0.1, 0.15) is 11.1 Å². The van der Waals surface area contributed by atoms with Crippen molar-refractivity contribution in [2.45, 2.75) is 19.0 Å². The van der Waals surface area contributed by atoms with Gasteiger partial charge in [-0.15, -0.1) is 0 Å². The van der Waals surface area contributed by atoms with E-state index in [1.807, 2.05) is 0 Å². The molecule has 0 amide bonds. The molecule has 1 aromatic heterocycles. The first-order chi connectivity index (χ1) is 12.4. The third kappa shape index (κ3) is 3.91. The van der Waals surface area contributed by atoms with Crippen LogP contribution < -0.4 is 4.90 Å². The molecule has 1 aliphatic rings. The van der Waals surface area contributed by atoms with Crippen LogP contribution >= 0.6 is 0 Å². The van der Waals surface area contributed by atoms with E-state index in [1.165, 1.54) is 17.5 Å². The molecule has 0 aliphatic carbocycles. The zero-order chi connectivity index (χ0) is 16.9. The Labute approximate surface area is 148 Å². The Balaban J connectivity index is 1.50. The Morgan fingerprint density at radius 3 is 2.32 bits per heavy atom. The van der Waals surface area contributed by atoms with Crippen LogP contribution in [0.4, 0.5) is 5.82 Å². The standard InChI is InChI=1S/C21H23N3O/c1-3-7-18(8-4-1)13-20-15-23(14-19-9-5-2-6-10-19)11-12-24(20)21-16-25-17-22-21/h1-10,16-17,20H,11-15H2/t20-/m0/s1. The van der Waals surface area contributed by atoms with Crippen molar-refractivity contribution >= 4 is 5.82 Å². The number of nitrogens with zero attached hydrogens (tertiary/aromatic N) is 3. The van der Waals surface area contributed by atoms with E-state index >= 15 is 0 Å². The summed E-state index contributed by atoms with van der Waals surface area (Å²) in [5.74, 6) is 0.945. The average Bonchev–Trinajstić information content (AvgIpc) is 3.18. The predicted octanol–water partition coefficient (Wildman–Crippen LogP) is 3.61. The highest BCUT2D eigenvalue weighted by Gasteiger charge is 2.28. The lowest BCUT2D eigenvalue weighted by Gasteiger charge is -2.41. The van der Waals surface area contributed by atoms with Crippen LogP contribution in [0, 0.1) is 0 Å². The number of anilines is 1. The highest BCUT2D eigenvalue weighted by molar-refractivity contribution is 5.38. The number of piperazine rings is 1. The molecule has 0 radical (unpaired) electrons. The SMILES string of the molecule is c1ccc(C[C@H]2CN(Cc3ccccc3)CCN2c2cocn2)cc1. The molecule has 25 heavy (non-hydrogen) atoms. The summed E-state index contributed by atoms with van der Waals surface area (Å²) in [4.78, 5) is 9.31. The molecular formula is C21H23N3O. The number of benzene rings is 2. The normalized spacial score (nSPS) is 18.4. The Kier molecular flexibility index (Phi) is 4.79. The Morgan fingerprint density at radius 2 is 1.64 bits per heavy atom. The molecule has 3 aromatic rings. The molecule has 1 atom stereocenters. The molecule has 2 aromatic carbocycles. The maximum Gasteiger partial charge on any atom is 0.182 e. The van der Waals surface area contributed by atoms with Crippen molar-refractivity contribution < 1.29 is 4.42 Å². The van der Waals surface area contributed by atoms with Crippen LogP contribution in [-0.4, -0.2) is 35.6 Å². The van der Waals surface area contributed by atoms with Gasteiger partial charge >= 0.3 is 0 Å². The summed E-state index contributed by atoms with van der Waals surface area (Å²) in [6.07, 6.45) is 4.29. The maximum atomic E-state index is 5.22. The second-order valence-corrected chi connectivity index (χ2v) is 6.60. The van der Waals surface area contributed by atoms with Gasteiger partial charge in [0.25, 0.3) is 0 Å². The van der Waals surface area contributed by atoms with Gasteiger partial charge in [-0.1, -0.05) is 60.7 Å². The number of rotatable bonds is 5. The van der Waals surface area contributed by atoms with Gasteiger partial charge in [0, 0.05) is 32.2 Å². The quantitative estimate of drug-likeness (QED) is 0.714. The molecule has 0 spiro atoms. The molecule has 1 fully saturated rings. The Morgan fingerprint density at radius 1 is 0.920 bits per heavy atom. The predicted molar refractivity (Wildman–Crippen MR) is 99.5 cm³/mol. The van der Waals surface area contributed by atoms with E-state index in [0.717, 1.165) is 38.4 Å². The van der Waals surface area contributed by atoms with Crippen molar-refractivity contribution in [1.29, 1.82) is 0 Å². The van der Waals surface area contributed by atoms with Gasteiger partial charge in [-0.3, -0.25) is 4.90 Å². The summed E-state index contributed by atoms with van der Waals surface area (Å²) < 4.78 is 5.22. The van der Waals surface area contributed by atoms with Gasteiger partial charge in [-0.2, -0.15) is 4.98 Å². The summed E-state index contributed by atoms with van der Waals surface area (Å²) >= 11 is 0. The van der Waals surface area contributed by atoms with Gasteiger partial charge in [-0.05, 0) is 17.5 Å². The highest BCUT2D eigenvalue weighted by atomic mass is 16.3. The van der Waals surface area contributed by atoms with E-state index in [2.05, 4.69) is 75.4 Å². The summed E-state index contributed by atoms with van der Waals surface area (Å²) in [5.41, 5.74) is 2.73. The van der Waals surface area contributed by atoms with Crippen LogP contribution in [0.25, 0.3) is 0 Å².